The van der Waals surface area contributed by atoms with Crippen molar-refractivity contribution in [3.05, 3.63) is 23.8 Å². The summed E-state index contributed by atoms with van der Waals surface area (Å²) in [6.45, 7) is 4.56. The van der Waals surface area contributed by atoms with E-state index in [0.717, 1.165) is 0 Å². The minimum atomic E-state index is 1.27. The number of unbranched alkanes of at least 4 members (excludes halogenated alkanes) is 12. The highest BCUT2D eigenvalue weighted by Gasteiger charge is 1.89. The highest BCUT2D eigenvalue weighted by Crippen LogP contribution is 2.16. The van der Waals surface area contributed by atoms with Crippen LogP contribution in [0.3, 0.4) is 0 Å². The molecule has 0 aliphatic rings. The van der Waals surface area contributed by atoms with Crippen LogP contribution in [0.2, 0.25) is 0 Å². The van der Waals surface area contributed by atoms with Crippen molar-refractivity contribution < 1.29 is 0 Å². The smallest absolute Gasteiger partial charge is 0.0267 e. The van der Waals surface area contributed by atoms with E-state index in [2.05, 4.69) is 37.6 Å². The van der Waals surface area contributed by atoms with E-state index in [1.807, 2.05) is 0 Å². The third-order valence-corrected chi connectivity index (χ3v) is 4.60. The van der Waals surface area contributed by atoms with Gasteiger partial charge < -0.3 is 0 Å². The summed E-state index contributed by atoms with van der Waals surface area (Å²) in [6, 6.07) is 0. The molecule has 0 aliphatic carbocycles. The Bertz CT molecular complexity index is 206. The highest BCUT2D eigenvalue weighted by atomic mass is 31.1. The maximum Gasteiger partial charge on any atom is -0.0267 e. The van der Waals surface area contributed by atoms with Crippen LogP contribution in [0.25, 0.3) is 0 Å². The molecule has 0 rings (SSSR count). The van der Waals surface area contributed by atoms with Gasteiger partial charge in [-0.2, -0.15) is 0 Å². The molecular formula is C20H38P. The summed E-state index contributed by atoms with van der Waals surface area (Å²) in [5.41, 5.74) is 0. The molecule has 123 valence electrons. The van der Waals surface area contributed by atoms with Gasteiger partial charge >= 0.3 is 0 Å². The largest absolute Gasteiger partial charge is 0.0834 e. The Morgan fingerprint density at radius 1 is 0.524 bits per heavy atom. The van der Waals surface area contributed by atoms with Gasteiger partial charge in [0.05, 0.1) is 0 Å². The van der Waals surface area contributed by atoms with Crippen LogP contribution in [-0.2, 0) is 0 Å². The van der Waals surface area contributed by atoms with Gasteiger partial charge in [0.15, 0.2) is 0 Å². The average molecular weight is 309 g/mol. The van der Waals surface area contributed by atoms with E-state index in [9.17, 15) is 0 Å². The molecule has 0 aliphatic heterocycles. The predicted molar refractivity (Wildman–Crippen MR) is 101 cm³/mol. The first-order valence-corrected chi connectivity index (χ1v) is 10.4. The second-order valence-corrected chi connectivity index (χ2v) is 6.93. The topological polar surface area (TPSA) is 0 Å². The van der Waals surface area contributed by atoms with Gasteiger partial charge in [-0.25, -0.2) is 0 Å². The molecule has 0 unspecified atom stereocenters. The third kappa shape index (κ3) is 19.9. The van der Waals surface area contributed by atoms with Gasteiger partial charge in [-0.1, -0.05) is 102 Å². The van der Waals surface area contributed by atoms with E-state index < -0.39 is 0 Å². The zero-order chi connectivity index (χ0) is 15.4. The van der Waals surface area contributed by atoms with Crippen LogP contribution < -0.4 is 0 Å². The quantitative estimate of drug-likeness (QED) is 0.198. The van der Waals surface area contributed by atoms with Gasteiger partial charge in [0, 0.05) is 0 Å². The first kappa shape index (κ1) is 20.9. The molecule has 0 aromatic carbocycles. The number of rotatable bonds is 16. The normalized spacial score (nSPS) is 12.5. The number of hydrogen-bond acceptors (Lipinski definition) is 0. The van der Waals surface area contributed by atoms with Gasteiger partial charge in [-0.15, -0.1) is 0 Å². The average Bonchev–Trinajstić information content (AvgIpc) is 2.50. The number of hydrogen-bond donors (Lipinski definition) is 0. The Balaban J connectivity index is 3.14. The van der Waals surface area contributed by atoms with E-state index in [1.54, 1.807) is 0 Å². The lowest BCUT2D eigenvalue weighted by molar-refractivity contribution is 0.611. The minimum absolute atomic E-state index is 1.27. The van der Waals surface area contributed by atoms with E-state index in [4.69, 9.17) is 0 Å². The van der Waals surface area contributed by atoms with E-state index >= 15 is 0 Å². The molecule has 0 spiro atoms. The van der Waals surface area contributed by atoms with Crippen LogP contribution in [0.15, 0.2) is 23.8 Å². The Hall–Kier alpha value is -0.0900. The van der Waals surface area contributed by atoms with Crippen molar-refractivity contribution >= 4 is 8.58 Å². The van der Waals surface area contributed by atoms with Gasteiger partial charge in [-0.05, 0) is 34.3 Å². The Morgan fingerprint density at radius 3 is 1.33 bits per heavy atom. The van der Waals surface area contributed by atoms with Gasteiger partial charge in [-0.3, -0.25) is 0 Å². The van der Waals surface area contributed by atoms with Crippen molar-refractivity contribution in [3.8, 4) is 0 Å². The lowest BCUT2D eigenvalue weighted by Crippen LogP contribution is -1.77. The Labute approximate surface area is 136 Å². The molecule has 0 fully saturated rings. The molecular weight excluding hydrogens is 271 g/mol. The van der Waals surface area contributed by atoms with Crippen LogP contribution in [0, 0.1) is 0 Å². The fourth-order valence-corrected chi connectivity index (χ4v) is 3.05. The SMILES string of the molecule is CCCCCCCCC=C[P]C=CCCCCCCCC. The molecule has 0 atom stereocenters. The molecule has 0 heterocycles. The summed E-state index contributed by atoms with van der Waals surface area (Å²) in [7, 11) is 1.37. The molecule has 1 heteroatoms. The first-order valence-electron chi connectivity index (χ1n) is 9.41. The van der Waals surface area contributed by atoms with Crippen molar-refractivity contribution in [1.29, 1.82) is 0 Å². The fraction of sp³-hybridized carbons (Fsp3) is 0.800. The molecule has 0 saturated carbocycles. The molecule has 0 bridgehead atoms. The van der Waals surface area contributed by atoms with Gasteiger partial charge in [0.25, 0.3) is 0 Å². The molecule has 0 amide bonds. The maximum atomic E-state index is 2.36. The molecule has 0 saturated heterocycles. The monoisotopic (exact) mass is 309 g/mol. The molecule has 1 radical (unpaired) electrons. The summed E-state index contributed by atoms with van der Waals surface area (Å²) < 4.78 is 0. The summed E-state index contributed by atoms with van der Waals surface area (Å²) in [6.07, 6.45) is 24.1. The Kier molecular flexibility index (Phi) is 19.8. The van der Waals surface area contributed by atoms with Crippen molar-refractivity contribution in [2.24, 2.45) is 0 Å². The van der Waals surface area contributed by atoms with Crippen molar-refractivity contribution in [2.45, 2.75) is 104 Å². The zero-order valence-corrected chi connectivity index (χ0v) is 15.6. The molecule has 0 nitrogen and oxygen atoms in total. The molecule has 0 aromatic rings. The van der Waals surface area contributed by atoms with E-state index in [1.165, 1.54) is 98.5 Å². The second kappa shape index (κ2) is 19.9. The predicted octanol–water partition coefficient (Wildman–Crippen LogP) is 8.46. The maximum absolute atomic E-state index is 2.36. The molecule has 0 aromatic heterocycles. The van der Waals surface area contributed by atoms with Crippen LogP contribution in [0.5, 0.6) is 0 Å². The minimum Gasteiger partial charge on any atom is -0.0834 e. The lowest BCUT2D eigenvalue weighted by atomic mass is 10.1. The highest BCUT2D eigenvalue weighted by molar-refractivity contribution is 7.45. The summed E-state index contributed by atoms with van der Waals surface area (Å²) >= 11 is 0. The zero-order valence-electron chi connectivity index (χ0n) is 14.7. The first-order chi connectivity index (χ1) is 10.4. The Morgan fingerprint density at radius 2 is 0.905 bits per heavy atom. The lowest BCUT2D eigenvalue weighted by Gasteiger charge is -1.97. The number of allylic oxidation sites excluding steroid dienone is 2. The van der Waals surface area contributed by atoms with Gasteiger partial charge in [0.1, 0.15) is 0 Å². The third-order valence-electron chi connectivity index (χ3n) is 3.83. The van der Waals surface area contributed by atoms with Crippen LogP contribution in [0.4, 0.5) is 0 Å². The fourth-order valence-electron chi connectivity index (χ4n) is 2.41. The van der Waals surface area contributed by atoms with Crippen molar-refractivity contribution in [1.82, 2.24) is 0 Å². The van der Waals surface area contributed by atoms with E-state index in [-0.39, 0.29) is 0 Å². The summed E-state index contributed by atoms with van der Waals surface area (Å²) in [5, 5.41) is 0. The molecule has 21 heavy (non-hydrogen) atoms. The van der Waals surface area contributed by atoms with E-state index in [0.29, 0.717) is 0 Å². The summed E-state index contributed by atoms with van der Waals surface area (Å²) in [5.74, 6) is 4.62. The summed E-state index contributed by atoms with van der Waals surface area (Å²) in [4.78, 5) is 0. The molecule has 0 N–H and O–H groups in total. The second-order valence-electron chi connectivity index (χ2n) is 6.03. The van der Waals surface area contributed by atoms with Crippen LogP contribution in [-0.4, -0.2) is 0 Å². The van der Waals surface area contributed by atoms with Crippen molar-refractivity contribution in [2.75, 3.05) is 0 Å². The van der Waals surface area contributed by atoms with Gasteiger partial charge in [0.2, 0.25) is 0 Å². The van der Waals surface area contributed by atoms with Crippen LogP contribution >= 0.6 is 8.58 Å². The van der Waals surface area contributed by atoms with Crippen molar-refractivity contribution in [3.63, 3.8) is 0 Å². The van der Waals surface area contributed by atoms with Crippen LogP contribution in [0.1, 0.15) is 104 Å². The standard InChI is InChI=1S/C20H38P/c1-3-5-7-9-11-13-15-17-19-21-20-18-16-14-12-10-8-6-4-2/h17-20H,3-16H2,1-2H3.